The van der Waals surface area contributed by atoms with E-state index in [9.17, 15) is 9.59 Å². The first-order chi connectivity index (χ1) is 12.1. The van der Waals surface area contributed by atoms with Gasteiger partial charge in [0, 0.05) is 18.5 Å². The first-order valence-electron chi connectivity index (χ1n) is 8.23. The minimum atomic E-state index is -0.805. The molecule has 4 nitrogen and oxygen atoms in total. The third-order valence-corrected chi connectivity index (χ3v) is 4.07. The Morgan fingerprint density at radius 3 is 2.32 bits per heavy atom. The zero-order valence-corrected chi connectivity index (χ0v) is 13.8. The van der Waals surface area contributed by atoms with Gasteiger partial charge in [0.25, 0.3) is 0 Å². The third-order valence-electron chi connectivity index (χ3n) is 4.07. The molecule has 0 spiro atoms. The second-order valence-corrected chi connectivity index (χ2v) is 6.05. The number of rotatable bonds is 6. The Hall–Kier alpha value is -2.98. The molecular weight excluding hydrogens is 312 g/mol. The van der Waals surface area contributed by atoms with Crippen molar-refractivity contribution >= 4 is 28.2 Å². The summed E-state index contributed by atoms with van der Waals surface area (Å²) in [6.07, 6.45) is 0.212. The van der Waals surface area contributed by atoms with Crippen LogP contribution in [0.3, 0.4) is 0 Å². The molecule has 0 aliphatic carbocycles. The van der Waals surface area contributed by atoms with Crippen LogP contribution in [0.4, 0.5) is 5.69 Å². The Kier molecular flexibility index (Phi) is 5.21. The number of nitrogens with two attached hydrogens (primary N) is 1. The van der Waals surface area contributed by atoms with Gasteiger partial charge in [0.05, 0.1) is 6.04 Å². The minimum Gasteiger partial charge on any atom is -0.326 e. The molecule has 0 saturated carbocycles. The van der Waals surface area contributed by atoms with Crippen molar-refractivity contribution in [2.75, 3.05) is 5.32 Å². The van der Waals surface area contributed by atoms with Crippen molar-refractivity contribution in [3.63, 3.8) is 0 Å². The molecule has 0 heterocycles. The molecule has 1 atom stereocenters. The molecule has 3 N–H and O–H groups in total. The number of nitrogens with one attached hydrogen (secondary N) is 1. The number of fused-ring (bicyclic) bond motifs is 1. The van der Waals surface area contributed by atoms with E-state index in [1.807, 2.05) is 72.8 Å². The van der Waals surface area contributed by atoms with Gasteiger partial charge in [0.2, 0.25) is 5.91 Å². The molecule has 25 heavy (non-hydrogen) atoms. The molecule has 0 saturated heterocycles. The Morgan fingerprint density at radius 2 is 1.56 bits per heavy atom. The van der Waals surface area contributed by atoms with Gasteiger partial charge >= 0.3 is 0 Å². The van der Waals surface area contributed by atoms with Crippen molar-refractivity contribution in [2.24, 2.45) is 5.73 Å². The van der Waals surface area contributed by atoms with Crippen molar-refractivity contribution < 1.29 is 9.59 Å². The van der Waals surface area contributed by atoms with Crippen LogP contribution in [-0.2, 0) is 16.0 Å². The van der Waals surface area contributed by atoms with Crippen LogP contribution in [0.2, 0.25) is 0 Å². The molecule has 3 aromatic rings. The summed E-state index contributed by atoms with van der Waals surface area (Å²) >= 11 is 0. The molecule has 0 aromatic heterocycles. The summed E-state index contributed by atoms with van der Waals surface area (Å²) in [5, 5.41) is 4.97. The van der Waals surface area contributed by atoms with Crippen LogP contribution in [0.1, 0.15) is 12.0 Å². The second kappa shape index (κ2) is 7.73. The van der Waals surface area contributed by atoms with Crippen molar-refractivity contribution in [1.29, 1.82) is 0 Å². The summed E-state index contributed by atoms with van der Waals surface area (Å²) in [6, 6.07) is 22.2. The molecule has 3 aromatic carbocycles. The number of hydrogen-bond donors (Lipinski definition) is 2. The summed E-state index contributed by atoms with van der Waals surface area (Å²) in [5.41, 5.74) is 7.50. The van der Waals surface area contributed by atoms with Gasteiger partial charge < -0.3 is 11.1 Å². The zero-order chi connectivity index (χ0) is 17.6. The first kappa shape index (κ1) is 16.9. The van der Waals surface area contributed by atoms with E-state index in [-0.39, 0.29) is 24.5 Å². The van der Waals surface area contributed by atoms with Gasteiger partial charge in [0.1, 0.15) is 0 Å². The standard InChI is InChI=1S/C21H20N2O2/c22-19(20(24)12-15-6-2-1-3-7-15)14-21(25)23-18-11-10-16-8-4-5-9-17(16)13-18/h1-11,13,19H,12,14,22H2,(H,23,25). The lowest BCUT2D eigenvalue weighted by molar-refractivity contribution is -0.123. The molecule has 0 bridgehead atoms. The number of carbonyl (C=O) groups is 2. The summed E-state index contributed by atoms with van der Waals surface area (Å²) in [7, 11) is 0. The van der Waals surface area contributed by atoms with E-state index in [2.05, 4.69) is 5.32 Å². The molecule has 0 radical (unpaired) electrons. The van der Waals surface area contributed by atoms with E-state index in [1.54, 1.807) is 0 Å². The number of anilines is 1. The van der Waals surface area contributed by atoms with Crippen LogP contribution in [0.5, 0.6) is 0 Å². The maximum Gasteiger partial charge on any atom is 0.226 e. The smallest absolute Gasteiger partial charge is 0.226 e. The van der Waals surface area contributed by atoms with E-state index in [0.717, 1.165) is 16.3 Å². The lowest BCUT2D eigenvalue weighted by Crippen LogP contribution is -2.35. The summed E-state index contributed by atoms with van der Waals surface area (Å²) < 4.78 is 0. The predicted molar refractivity (Wildman–Crippen MR) is 100 cm³/mol. The molecular formula is C21H20N2O2. The van der Waals surface area contributed by atoms with Crippen molar-refractivity contribution in [3.05, 3.63) is 78.4 Å². The van der Waals surface area contributed by atoms with Gasteiger partial charge in [0.15, 0.2) is 5.78 Å². The SMILES string of the molecule is NC(CC(=O)Nc1ccc2ccccc2c1)C(=O)Cc1ccccc1. The fourth-order valence-corrected chi connectivity index (χ4v) is 2.72. The molecule has 4 heteroatoms. The summed E-state index contributed by atoms with van der Waals surface area (Å²) in [5.74, 6) is -0.399. The lowest BCUT2D eigenvalue weighted by atomic mass is 10.0. The van der Waals surface area contributed by atoms with Crippen molar-refractivity contribution in [3.8, 4) is 0 Å². The van der Waals surface area contributed by atoms with Crippen LogP contribution in [0, 0.1) is 0 Å². The highest BCUT2D eigenvalue weighted by atomic mass is 16.2. The maximum absolute atomic E-state index is 12.2. The van der Waals surface area contributed by atoms with E-state index in [4.69, 9.17) is 5.73 Å². The third kappa shape index (κ3) is 4.52. The highest BCUT2D eigenvalue weighted by Crippen LogP contribution is 2.19. The number of carbonyl (C=O) groups excluding carboxylic acids is 2. The fraction of sp³-hybridized carbons (Fsp3) is 0.143. The average molecular weight is 332 g/mol. The molecule has 1 amide bonds. The van der Waals surface area contributed by atoms with Crippen molar-refractivity contribution in [2.45, 2.75) is 18.9 Å². The van der Waals surface area contributed by atoms with Crippen LogP contribution < -0.4 is 11.1 Å². The van der Waals surface area contributed by atoms with E-state index < -0.39 is 6.04 Å². The fourth-order valence-electron chi connectivity index (χ4n) is 2.72. The highest BCUT2D eigenvalue weighted by molar-refractivity contribution is 5.98. The van der Waals surface area contributed by atoms with E-state index in [1.165, 1.54) is 0 Å². The Morgan fingerprint density at radius 1 is 0.880 bits per heavy atom. The zero-order valence-electron chi connectivity index (χ0n) is 13.8. The average Bonchev–Trinajstić information content (AvgIpc) is 2.62. The molecule has 0 aliphatic heterocycles. The van der Waals surface area contributed by atoms with Gasteiger partial charge in [-0.1, -0.05) is 60.7 Å². The summed E-state index contributed by atoms with van der Waals surface area (Å²) in [6.45, 7) is 0. The Bertz CT molecular complexity index is 891. The first-order valence-corrected chi connectivity index (χ1v) is 8.23. The quantitative estimate of drug-likeness (QED) is 0.727. The van der Waals surface area contributed by atoms with Crippen LogP contribution in [0.15, 0.2) is 72.8 Å². The second-order valence-electron chi connectivity index (χ2n) is 6.05. The van der Waals surface area contributed by atoms with Crippen molar-refractivity contribution in [1.82, 2.24) is 0 Å². The van der Waals surface area contributed by atoms with Gasteiger partial charge in [-0.3, -0.25) is 9.59 Å². The monoisotopic (exact) mass is 332 g/mol. The topological polar surface area (TPSA) is 72.2 Å². The lowest BCUT2D eigenvalue weighted by Gasteiger charge is -2.11. The number of ketones is 1. The molecule has 0 aliphatic rings. The van der Waals surface area contributed by atoms with E-state index in [0.29, 0.717) is 5.69 Å². The molecule has 3 rings (SSSR count). The summed E-state index contributed by atoms with van der Waals surface area (Å²) in [4.78, 5) is 24.3. The molecule has 0 fully saturated rings. The molecule has 1 unspecified atom stereocenters. The van der Waals surface area contributed by atoms with Gasteiger partial charge in [-0.25, -0.2) is 0 Å². The van der Waals surface area contributed by atoms with Gasteiger partial charge in [-0.15, -0.1) is 0 Å². The highest BCUT2D eigenvalue weighted by Gasteiger charge is 2.18. The number of Topliss-reactive ketones (excluding diaryl/α,β-unsaturated/α-hetero) is 1. The van der Waals surface area contributed by atoms with Gasteiger partial charge in [-0.2, -0.15) is 0 Å². The van der Waals surface area contributed by atoms with E-state index >= 15 is 0 Å². The van der Waals surface area contributed by atoms with Crippen LogP contribution in [0.25, 0.3) is 10.8 Å². The normalized spacial score (nSPS) is 11.9. The predicted octanol–water partition coefficient (Wildman–Crippen LogP) is 3.31. The maximum atomic E-state index is 12.2. The van der Waals surface area contributed by atoms with Gasteiger partial charge in [-0.05, 0) is 28.5 Å². The van der Waals surface area contributed by atoms with Crippen LogP contribution in [-0.4, -0.2) is 17.7 Å². The number of benzene rings is 3. The van der Waals surface area contributed by atoms with Crippen LogP contribution >= 0.6 is 0 Å². The minimum absolute atomic E-state index is 0.0293. The number of amides is 1. The largest absolute Gasteiger partial charge is 0.326 e. The Labute approximate surface area is 146 Å². The Balaban J connectivity index is 1.58. The molecule has 126 valence electrons. The number of hydrogen-bond acceptors (Lipinski definition) is 3.